The Labute approximate surface area is 183 Å². The minimum Gasteiger partial charge on any atom is -0.422 e. The zero-order valence-corrected chi connectivity index (χ0v) is 17.0. The van der Waals surface area contributed by atoms with Gasteiger partial charge >= 0.3 is 0 Å². The molecule has 2 N–H and O–H groups in total. The topological polar surface area (TPSA) is 120 Å². The predicted octanol–water partition coefficient (Wildman–Crippen LogP) is 3.08. The van der Waals surface area contributed by atoms with Crippen LogP contribution in [0.15, 0.2) is 73.2 Å². The molecular weight excluding hydrogens is 404 g/mol. The number of nitriles is 1. The van der Waals surface area contributed by atoms with Crippen molar-refractivity contribution in [3.05, 3.63) is 84.3 Å². The van der Waals surface area contributed by atoms with Gasteiger partial charge in [0.05, 0.1) is 23.9 Å². The summed E-state index contributed by atoms with van der Waals surface area (Å²) in [5, 5.41) is 14.9. The molecule has 1 aliphatic carbocycles. The number of rotatable bonds is 4. The highest BCUT2D eigenvalue weighted by Gasteiger charge is 2.40. The van der Waals surface area contributed by atoms with Crippen molar-refractivity contribution in [3.63, 3.8) is 0 Å². The number of nitrogens with two attached hydrogens (primary N) is 1. The second-order valence-corrected chi connectivity index (χ2v) is 7.86. The number of hydrogen-bond donors (Lipinski definition) is 1. The van der Waals surface area contributed by atoms with E-state index in [2.05, 4.69) is 21.0 Å². The molecule has 6 rings (SSSR count). The third kappa shape index (κ3) is 2.85. The number of ether oxygens (including phenoxy) is 1. The Morgan fingerprint density at radius 2 is 1.88 bits per heavy atom. The molecule has 1 atom stereocenters. The smallest absolute Gasteiger partial charge is 0.224 e. The van der Waals surface area contributed by atoms with E-state index in [-0.39, 0.29) is 11.9 Å². The summed E-state index contributed by atoms with van der Waals surface area (Å²) >= 11 is 0. The molecule has 1 aliphatic heterocycles. The number of aromatic nitrogens is 6. The van der Waals surface area contributed by atoms with E-state index < -0.39 is 5.92 Å². The third-order valence-electron chi connectivity index (χ3n) is 5.83. The summed E-state index contributed by atoms with van der Waals surface area (Å²) in [6.45, 7) is 0. The Hall–Kier alpha value is -4.45. The lowest BCUT2D eigenvalue weighted by atomic mass is 9.83. The first kappa shape index (κ1) is 18.3. The van der Waals surface area contributed by atoms with E-state index in [1.807, 2.05) is 39.7 Å². The Bertz CT molecular complexity index is 1360. The molecule has 0 amide bonds. The zero-order valence-electron chi connectivity index (χ0n) is 17.0. The van der Waals surface area contributed by atoms with Crippen molar-refractivity contribution in [3.8, 4) is 28.9 Å². The molecule has 0 saturated heterocycles. The molecule has 1 aromatic carbocycles. The second-order valence-electron chi connectivity index (χ2n) is 7.86. The Morgan fingerprint density at radius 1 is 1.09 bits per heavy atom. The number of hydrogen-bond acceptors (Lipinski definition) is 7. The SMILES string of the molecule is N#CC1=C(N)Oc2c(c(-c3cncnc3)nn2C2CC2)C1c1ccc(-n2ccnc2)cc1. The number of imidazole rings is 1. The summed E-state index contributed by atoms with van der Waals surface area (Å²) in [5.74, 6) is 0.288. The standard InChI is InChI=1S/C23H18N8O/c24-9-18-19(14-1-3-16(4-2-14)30-8-7-26-13-30)20-21(15-10-27-12-28-11-15)29-31(17-5-6-17)23(20)32-22(18)25/h1-4,7-8,10-13,17,19H,5-6,25H2. The molecule has 4 heterocycles. The maximum Gasteiger partial charge on any atom is 0.224 e. The van der Waals surface area contributed by atoms with Gasteiger partial charge in [-0.05, 0) is 30.5 Å². The number of nitrogens with zero attached hydrogens (tertiary/aromatic N) is 7. The van der Waals surface area contributed by atoms with Crippen LogP contribution in [0.3, 0.4) is 0 Å². The van der Waals surface area contributed by atoms with Crippen LogP contribution in [-0.4, -0.2) is 29.3 Å². The van der Waals surface area contributed by atoms with Crippen LogP contribution in [0, 0.1) is 11.3 Å². The van der Waals surface area contributed by atoms with Crippen LogP contribution >= 0.6 is 0 Å². The van der Waals surface area contributed by atoms with E-state index in [0.29, 0.717) is 17.1 Å². The Balaban J connectivity index is 1.55. The molecule has 9 heteroatoms. The van der Waals surface area contributed by atoms with Gasteiger partial charge in [-0.2, -0.15) is 10.4 Å². The van der Waals surface area contributed by atoms with Gasteiger partial charge in [0, 0.05) is 36.0 Å². The molecule has 9 nitrogen and oxygen atoms in total. The summed E-state index contributed by atoms with van der Waals surface area (Å²) in [4.78, 5) is 12.4. The lowest BCUT2D eigenvalue weighted by Gasteiger charge is -2.25. The van der Waals surface area contributed by atoms with Crippen molar-refractivity contribution in [1.82, 2.24) is 29.3 Å². The van der Waals surface area contributed by atoms with Crippen LogP contribution in [0.4, 0.5) is 0 Å². The van der Waals surface area contributed by atoms with Gasteiger partial charge < -0.3 is 15.0 Å². The second kappa shape index (κ2) is 7.06. The van der Waals surface area contributed by atoms with E-state index in [1.165, 1.54) is 6.33 Å². The van der Waals surface area contributed by atoms with E-state index in [4.69, 9.17) is 15.6 Å². The first-order valence-electron chi connectivity index (χ1n) is 10.3. The molecule has 32 heavy (non-hydrogen) atoms. The normalized spacial score (nSPS) is 17.5. The predicted molar refractivity (Wildman–Crippen MR) is 114 cm³/mol. The molecule has 2 aliphatic rings. The lowest BCUT2D eigenvalue weighted by Crippen LogP contribution is -2.22. The molecule has 1 unspecified atom stereocenters. The van der Waals surface area contributed by atoms with Crippen LogP contribution in [0.2, 0.25) is 0 Å². The molecule has 0 spiro atoms. The van der Waals surface area contributed by atoms with Crippen molar-refractivity contribution in [1.29, 1.82) is 5.26 Å². The first-order valence-corrected chi connectivity index (χ1v) is 10.3. The largest absolute Gasteiger partial charge is 0.422 e. The maximum atomic E-state index is 9.98. The van der Waals surface area contributed by atoms with Gasteiger partial charge in [-0.25, -0.2) is 19.6 Å². The van der Waals surface area contributed by atoms with Gasteiger partial charge in [0.25, 0.3) is 0 Å². The molecule has 1 saturated carbocycles. The van der Waals surface area contributed by atoms with Gasteiger partial charge in [-0.3, -0.25) is 0 Å². The monoisotopic (exact) mass is 422 g/mol. The molecular formula is C23H18N8O. The van der Waals surface area contributed by atoms with Crippen LogP contribution < -0.4 is 10.5 Å². The van der Waals surface area contributed by atoms with Crippen molar-refractivity contribution < 1.29 is 4.74 Å². The average molecular weight is 422 g/mol. The summed E-state index contributed by atoms with van der Waals surface area (Å²) < 4.78 is 9.80. The van der Waals surface area contributed by atoms with E-state index in [0.717, 1.165) is 35.2 Å². The maximum absolute atomic E-state index is 9.98. The van der Waals surface area contributed by atoms with Gasteiger partial charge in [0.15, 0.2) is 0 Å². The quantitative estimate of drug-likeness (QED) is 0.536. The number of benzene rings is 1. The molecule has 1 fully saturated rings. The van der Waals surface area contributed by atoms with Crippen LogP contribution in [-0.2, 0) is 0 Å². The molecule has 0 radical (unpaired) electrons. The highest BCUT2D eigenvalue weighted by Crippen LogP contribution is 2.50. The fraction of sp³-hybridized carbons (Fsp3) is 0.174. The third-order valence-corrected chi connectivity index (χ3v) is 5.83. The van der Waals surface area contributed by atoms with E-state index in [1.54, 1.807) is 24.9 Å². The van der Waals surface area contributed by atoms with Gasteiger partial charge in [-0.1, -0.05) is 12.1 Å². The lowest BCUT2D eigenvalue weighted by molar-refractivity contribution is 0.347. The van der Waals surface area contributed by atoms with Crippen molar-refractivity contribution >= 4 is 0 Å². The van der Waals surface area contributed by atoms with Gasteiger partial charge in [-0.15, -0.1) is 0 Å². The fourth-order valence-corrected chi connectivity index (χ4v) is 4.14. The van der Waals surface area contributed by atoms with Gasteiger partial charge in [0.2, 0.25) is 11.8 Å². The van der Waals surface area contributed by atoms with Crippen molar-refractivity contribution in [2.24, 2.45) is 5.73 Å². The molecule has 4 aromatic rings. The van der Waals surface area contributed by atoms with Crippen molar-refractivity contribution in [2.75, 3.05) is 0 Å². The number of fused-ring (bicyclic) bond motifs is 1. The van der Waals surface area contributed by atoms with E-state index >= 15 is 0 Å². The zero-order chi connectivity index (χ0) is 21.7. The molecule has 3 aromatic heterocycles. The summed E-state index contributed by atoms with van der Waals surface area (Å²) in [6.07, 6.45) is 12.3. The Kier molecular flexibility index (Phi) is 4.04. The highest BCUT2D eigenvalue weighted by atomic mass is 16.5. The summed E-state index contributed by atoms with van der Waals surface area (Å²) in [7, 11) is 0. The van der Waals surface area contributed by atoms with E-state index in [9.17, 15) is 5.26 Å². The average Bonchev–Trinajstić information content (AvgIpc) is 3.39. The van der Waals surface area contributed by atoms with Crippen LogP contribution in [0.5, 0.6) is 5.88 Å². The fourth-order valence-electron chi connectivity index (χ4n) is 4.14. The Morgan fingerprint density at radius 3 is 2.53 bits per heavy atom. The highest BCUT2D eigenvalue weighted by molar-refractivity contribution is 5.70. The minimum atomic E-state index is -0.414. The number of allylic oxidation sites excluding steroid dienone is 1. The molecule has 156 valence electrons. The van der Waals surface area contributed by atoms with Crippen LogP contribution in [0.25, 0.3) is 16.9 Å². The summed E-state index contributed by atoms with van der Waals surface area (Å²) in [6, 6.07) is 10.5. The van der Waals surface area contributed by atoms with Crippen LogP contribution in [0.1, 0.15) is 35.9 Å². The van der Waals surface area contributed by atoms with Gasteiger partial charge in [0.1, 0.15) is 23.7 Å². The molecule has 0 bridgehead atoms. The summed E-state index contributed by atoms with van der Waals surface area (Å²) in [5.41, 5.74) is 10.8. The minimum absolute atomic E-state index is 0.112. The first-order chi connectivity index (χ1) is 15.7. The van der Waals surface area contributed by atoms with Crippen molar-refractivity contribution in [2.45, 2.75) is 24.8 Å².